The molecule has 39 heavy (non-hydrogen) atoms. The Bertz CT molecular complexity index is 1680. The van der Waals surface area contributed by atoms with Crippen LogP contribution in [0.1, 0.15) is 42.3 Å². The summed E-state index contributed by atoms with van der Waals surface area (Å²) < 4.78 is 29.5. The number of aromatic nitrogens is 2. The topological polar surface area (TPSA) is 94.5 Å². The molecule has 3 aromatic carbocycles. The number of carbonyl (C=O) groups is 1. The van der Waals surface area contributed by atoms with Crippen LogP contribution in [0.5, 0.6) is 0 Å². The Morgan fingerprint density at radius 1 is 1.00 bits per heavy atom. The van der Waals surface area contributed by atoms with Crippen molar-refractivity contribution in [2.45, 2.75) is 42.9 Å². The zero-order chi connectivity index (χ0) is 27.8. The van der Waals surface area contributed by atoms with E-state index in [0.717, 1.165) is 18.4 Å². The van der Waals surface area contributed by atoms with Crippen LogP contribution in [-0.4, -0.2) is 30.1 Å². The van der Waals surface area contributed by atoms with Gasteiger partial charge in [-0.15, -0.1) is 0 Å². The molecule has 1 aliphatic carbocycles. The number of hydrogen-bond donors (Lipinski definition) is 0. The second-order valence-electron chi connectivity index (χ2n) is 9.54. The normalized spacial score (nSPS) is 14.1. The van der Waals surface area contributed by atoms with Gasteiger partial charge in [0.25, 0.3) is 5.89 Å². The highest BCUT2D eigenvalue weighted by molar-refractivity contribution is 7.91. The first-order chi connectivity index (χ1) is 18.6. The molecular formula is C29H23Cl2N3O4S. The van der Waals surface area contributed by atoms with Crippen LogP contribution in [0, 0.1) is 6.57 Å². The molecule has 10 heteroatoms. The second-order valence-corrected chi connectivity index (χ2v) is 12.6. The van der Waals surface area contributed by atoms with Crippen molar-refractivity contribution in [1.29, 1.82) is 0 Å². The molecule has 1 aliphatic rings. The molecule has 0 unspecified atom stereocenters. The highest BCUT2D eigenvalue weighted by atomic mass is 35.5. The van der Waals surface area contributed by atoms with Gasteiger partial charge in [-0.25, -0.2) is 13.3 Å². The molecule has 1 heterocycles. The van der Waals surface area contributed by atoms with Gasteiger partial charge in [0.1, 0.15) is 5.78 Å². The molecule has 0 N–H and O–H groups in total. The van der Waals surface area contributed by atoms with Crippen LogP contribution in [0.2, 0.25) is 10.0 Å². The molecule has 1 saturated carbocycles. The molecule has 4 aromatic rings. The smallest absolute Gasteiger partial charge is 0.257 e. The number of benzene rings is 3. The van der Waals surface area contributed by atoms with Crippen molar-refractivity contribution < 1.29 is 17.7 Å². The number of hydrogen-bond acceptors (Lipinski definition) is 6. The summed E-state index contributed by atoms with van der Waals surface area (Å²) in [5, 5.41) is 5.09. The van der Waals surface area contributed by atoms with Gasteiger partial charge >= 0.3 is 0 Å². The number of sulfone groups is 1. The van der Waals surface area contributed by atoms with Gasteiger partial charge in [0.15, 0.2) is 21.3 Å². The minimum Gasteiger partial charge on any atom is -0.334 e. The Kier molecular flexibility index (Phi) is 7.34. The summed E-state index contributed by atoms with van der Waals surface area (Å²) in [6, 6.07) is 16.8. The Morgan fingerprint density at radius 2 is 1.62 bits per heavy atom. The fourth-order valence-electron chi connectivity index (χ4n) is 4.61. The van der Waals surface area contributed by atoms with E-state index in [1.165, 1.54) is 12.1 Å². The molecule has 0 atom stereocenters. The van der Waals surface area contributed by atoms with Crippen molar-refractivity contribution >= 4 is 44.5 Å². The van der Waals surface area contributed by atoms with Crippen LogP contribution in [0.25, 0.3) is 16.3 Å². The first-order valence-corrected chi connectivity index (χ1v) is 14.7. The fraction of sp³-hybridized carbons (Fsp3) is 0.241. The number of nitrogens with zero attached hydrogens (tertiary/aromatic N) is 3. The predicted octanol–water partition coefficient (Wildman–Crippen LogP) is 6.82. The molecule has 7 nitrogen and oxygen atoms in total. The van der Waals surface area contributed by atoms with Crippen molar-refractivity contribution in [2.75, 3.05) is 5.75 Å². The lowest BCUT2D eigenvalue weighted by Crippen LogP contribution is -2.13. The summed E-state index contributed by atoms with van der Waals surface area (Å²) in [5.74, 6) is 0.820. The van der Waals surface area contributed by atoms with E-state index in [1.54, 1.807) is 55.5 Å². The number of Topliss-reactive ketones (excluding diaryl/α,β-unsaturated/α-hetero) is 1. The quantitative estimate of drug-likeness (QED) is 0.202. The van der Waals surface area contributed by atoms with Gasteiger partial charge in [0.05, 0.1) is 22.6 Å². The number of ketones is 1. The van der Waals surface area contributed by atoms with Crippen LogP contribution < -0.4 is 0 Å². The lowest BCUT2D eigenvalue weighted by molar-refractivity contribution is -0.117. The molecule has 0 aliphatic heterocycles. The molecule has 5 rings (SSSR count). The molecule has 198 valence electrons. The Hall–Kier alpha value is -3.51. The summed E-state index contributed by atoms with van der Waals surface area (Å²) >= 11 is 13.4. The van der Waals surface area contributed by atoms with E-state index in [2.05, 4.69) is 15.0 Å². The van der Waals surface area contributed by atoms with Crippen molar-refractivity contribution in [3.8, 4) is 11.5 Å². The van der Waals surface area contributed by atoms with Crippen LogP contribution in [0.15, 0.2) is 70.1 Å². The third-order valence-corrected chi connectivity index (χ3v) is 9.24. The number of halogens is 2. The SMILES string of the molecule is [C-]#[N+]c1ccc(-c2nc(C3(c4c(Cl)cc(CC(=O)Cc5ccc(S(=O)(=O)CC)cc5)cc4Cl)CC3)no2)cc1. The zero-order valence-electron chi connectivity index (χ0n) is 20.9. The number of rotatable bonds is 9. The Balaban J connectivity index is 1.32. The maximum Gasteiger partial charge on any atom is 0.257 e. The molecule has 1 fully saturated rings. The summed E-state index contributed by atoms with van der Waals surface area (Å²) in [5.41, 5.74) is 2.81. The van der Waals surface area contributed by atoms with Crippen molar-refractivity contribution in [3.05, 3.63) is 105 Å². The highest BCUT2D eigenvalue weighted by Crippen LogP contribution is 2.56. The monoisotopic (exact) mass is 579 g/mol. The highest BCUT2D eigenvalue weighted by Gasteiger charge is 2.52. The largest absolute Gasteiger partial charge is 0.334 e. The van der Waals surface area contributed by atoms with Crippen molar-refractivity contribution in [1.82, 2.24) is 10.1 Å². The lowest BCUT2D eigenvalue weighted by Gasteiger charge is -2.16. The summed E-state index contributed by atoms with van der Waals surface area (Å²) in [6.45, 7) is 8.69. The van der Waals surface area contributed by atoms with Crippen molar-refractivity contribution in [2.24, 2.45) is 0 Å². The van der Waals surface area contributed by atoms with Crippen LogP contribution in [0.3, 0.4) is 0 Å². The minimum atomic E-state index is -3.29. The van der Waals surface area contributed by atoms with Gasteiger partial charge in [0, 0.05) is 34.0 Å². The summed E-state index contributed by atoms with van der Waals surface area (Å²) in [4.78, 5) is 21.0. The first-order valence-electron chi connectivity index (χ1n) is 12.3. The minimum absolute atomic E-state index is 0.0238. The van der Waals surface area contributed by atoms with Gasteiger partial charge < -0.3 is 4.52 Å². The maximum atomic E-state index is 12.8. The van der Waals surface area contributed by atoms with Gasteiger partial charge in [-0.2, -0.15) is 4.98 Å². The third-order valence-electron chi connectivity index (χ3n) is 6.89. The first kappa shape index (κ1) is 27.1. The van der Waals surface area contributed by atoms with E-state index in [1.807, 2.05) is 0 Å². The van der Waals surface area contributed by atoms with Crippen LogP contribution >= 0.6 is 23.2 Å². The Labute approximate surface area is 236 Å². The van der Waals surface area contributed by atoms with E-state index in [4.69, 9.17) is 34.3 Å². The molecule has 0 saturated heterocycles. The average Bonchev–Trinajstić information content (AvgIpc) is 3.54. The van der Waals surface area contributed by atoms with Gasteiger partial charge in [-0.1, -0.05) is 71.7 Å². The lowest BCUT2D eigenvalue weighted by atomic mass is 9.92. The molecular weight excluding hydrogens is 557 g/mol. The average molecular weight is 580 g/mol. The van der Waals surface area contributed by atoms with Crippen LogP contribution in [-0.2, 0) is 32.9 Å². The van der Waals surface area contributed by atoms with Gasteiger partial charge in [-0.3, -0.25) is 4.79 Å². The van der Waals surface area contributed by atoms with E-state index in [-0.39, 0.29) is 29.3 Å². The van der Waals surface area contributed by atoms with E-state index in [0.29, 0.717) is 44.1 Å². The van der Waals surface area contributed by atoms with Gasteiger partial charge in [0.2, 0.25) is 0 Å². The zero-order valence-corrected chi connectivity index (χ0v) is 23.3. The Morgan fingerprint density at radius 3 is 2.18 bits per heavy atom. The third kappa shape index (κ3) is 5.48. The molecule has 0 spiro atoms. The predicted molar refractivity (Wildman–Crippen MR) is 149 cm³/mol. The van der Waals surface area contributed by atoms with Crippen molar-refractivity contribution in [3.63, 3.8) is 0 Å². The second kappa shape index (κ2) is 10.6. The summed E-state index contributed by atoms with van der Waals surface area (Å²) in [7, 11) is -3.29. The fourth-order valence-corrected chi connectivity index (χ4v) is 6.39. The molecule has 0 bridgehead atoms. The standard InChI is InChI=1S/C29H23Cl2N3O4S/c1-3-39(36,37)23-10-4-18(5-11-23)14-22(35)15-19-16-24(30)26(25(31)17-19)29(12-13-29)28-33-27(38-34-28)20-6-8-21(32-2)9-7-20/h4-11,16-17H,3,12-15H2,1H3. The van der Waals surface area contributed by atoms with E-state index < -0.39 is 15.3 Å². The molecule has 1 aromatic heterocycles. The molecule has 0 radical (unpaired) electrons. The maximum absolute atomic E-state index is 12.8. The van der Waals surface area contributed by atoms with E-state index >= 15 is 0 Å². The summed E-state index contributed by atoms with van der Waals surface area (Å²) in [6.07, 6.45) is 1.80. The number of carbonyl (C=O) groups excluding carboxylic acids is 1. The van der Waals surface area contributed by atoms with E-state index in [9.17, 15) is 13.2 Å². The van der Waals surface area contributed by atoms with Crippen LogP contribution in [0.4, 0.5) is 5.69 Å². The van der Waals surface area contributed by atoms with Gasteiger partial charge in [-0.05, 0) is 48.2 Å². The molecule has 0 amide bonds.